The quantitative estimate of drug-likeness (QED) is 0.931. The SMILES string of the molecule is Cc1cc(C)c(C)c(S(=O)(=O)N2CCCC(CN)C2)c1C. The van der Waals surface area contributed by atoms with Crippen molar-refractivity contribution in [3.8, 4) is 0 Å². The predicted molar refractivity (Wildman–Crippen MR) is 85.9 cm³/mol. The van der Waals surface area contributed by atoms with Gasteiger partial charge in [-0.15, -0.1) is 0 Å². The Balaban J connectivity index is 2.50. The Morgan fingerprint density at radius 2 is 1.76 bits per heavy atom. The number of sulfonamides is 1. The van der Waals surface area contributed by atoms with Crippen LogP contribution >= 0.6 is 0 Å². The zero-order valence-corrected chi connectivity index (χ0v) is 14.3. The summed E-state index contributed by atoms with van der Waals surface area (Å²) in [6.45, 7) is 9.45. The zero-order valence-electron chi connectivity index (χ0n) is 13.4. The van der Waals surface area contributed by atoms with Crippen molar-refractivity contribution >= 4 is 10.0 Å². The fraction of sp³-hybridized carbons (Fsp3) is 0.625. The molecule has 1 aliphatic rings. The van der Waals surface area contributed by atoms with Gasteiger partial charge in [-0.1, -0.05) is 6.07 Å². The van der Waals surface area contributed by atoms with Gasteiger partial charge in [0.25, 0.3) is 0 Å². The molecule has 0 amide bonds. The summed E-state index contributed by atoms with van der Waals surface area (Å²) < 4.78 is 27.8. The van der Waals surface area contributed by atoms with E-state index in [9.17, 15) is 8.42 Å². The van der Waals surface area contributed by atoms with Crippen molar-refractivity contribution in [1.82, 2.24) is 4.31 Å². The highest BCUT2D eigenvalue weighted by atomic mass is 32.2. The molecule has 0 aliphatic carbocycles. The first-order valence-electron chi connectivity index (χ1n) is 7.56. The van der Waals surface area contributed by atoms with Gasteiger partial charge in [-0.25, -0.2) is 8.42 Å². The second kappa shape index (κ2) is 6.07. The summed E-state index contributed by atoms with van der Waals surface area (Å²) in [7, 11) is -3.43. The maximum atomic E-state index is 13.1. The van der Waals surface area contributed by atoms with Crippen molar-refractivity contribution in [2.24, 2.45) is 11.7 Å². The van der Waals surface area contributed by atoms with E-state index in [0.717, 1.165) is 35.1 Å². The fourth-order valence-electron chi connectivity index (χ4n) is 3.13. The molecule has 0 spiro atoms. The van der Waals surface area contributed by atoms with Gasteiger partial charge in [0.15, 0.2) is 0 Å². The molecule has 1 saturated heterocycles. The monoisotopic (exact) mass is 310 g/mol. The Morgan fingerprint density at radius 3 is 2.29 bits per heavy atom. The number of nitrogens with zero attached hydrogens (tertiary/aromatic N) is 1. The van der Waals surface area contributed by atoms with Gasteiger partial charge in [0.1, 0.15) is 0 Å². The van der Waals surface area contributed by atoms with Crippen LogP contribution in [0.3, 0.4) is 0 Å². The molecule has 0 saturated carbocycles. The Bertz CT molecular complexity index is 612. The van der Waals surface area contributed by atoms with Crippen LogP contribution in [0.2, 0.25) is 0 Å². The van der Waals surface area contributed by atoms with Crippen LogP contribution in [0, 0.1) is 33.6 Å². The molecular weight excluding hydrogens is 284 g/mol. The van der Waals surface area contributed by atoms with Gasteiger partial charge in [-0.3, -0.25) is 0 Å². The molecule has 5 heteroatoms. The number of hydrogen-bond acceptors (Lipinski definition) is 3. The lowest BCUT2D eigenvalue weighted by Gasteiger charge is -2.32. The minimum Gasteiger partial charge on any atom is -0.330 e. The molecule has 1 heterocycles. The first-order valence-corrected chi connectivity index (χ1v) is 9.00. The molecule has 2 N–H and O–H groups in total. The summed E-state index contributed by atoms with van der Waals surface area (Å²) in [5, 5.41) is 0. The van der Waals surface area contributed by atoms with Gasteiger partial charge in [-0.05, 0) is 75.3 Å². The molecule has 4 nitrogen and oxygen atoms in total. The third-order valence-corrected chi connectivity index (χ3v) is 6.85. The molecule has 1 atom stereocenters. The molecule has 0 bridgehead atoms. The van der Waals surface area contributed by atoms with Gasteiger partial charge < -0.3 is 5.73 Å². The largest absolute Gasteiger partial charge is 0.330 e. The summed E-state index contributed by atoms with van der Waals surface area (Å²) in [5.41, 5.74) is 9.53. The Kier molecular flexibility index (Phi) is 4.76. The molecule has 0 radical (unpaired) electrons. The van der Waals surface area contributed by atoms with Crippen LogP contribution in [0.25, 0.3) is 0 Å². The summed E-state index contributed by atoms with van der Waals surface area (Å²) in [5.74, 6) is 0.278. The Labute approximate surface area is 128 Å². The van der Waals surface area contributed by atoms with Crippen molar-refractivity contribution in [2.45, 2.75) is 45.4 Å². The number of nitrogens with two attached hydrogens (primary N) is 1. The summed E-state index contributed by atoms with van der Waals surface area (Å²) in [6.07, 6.45) is 1.91. The van der Waals surface area contributed by atoms with Crippen molar-refractivity contribution < 1.29 is 8.42 Å². The van der Waals surface area contributed by atoms with E-state index in [0.29, 0.717) is 24.5 Å². The lowest BCUT2D eigenvalue weighted by atomic mass is 10.0. The van der Waals surface area contributed by atoms with Crippen molar-refractivity contribution in [3.63, 3.8) is 0 Å². The molecule has 118 valence electrons. The summed E-state index contributed by atoms with van der Waals surface area (Å²) in [6, 6.07) is 2.06. The minimum atomic E-state index is -3.43. The van der Waals surface area contributed by atoms with Crippen molar-refractivity contribution in [2.75, 3.05) is 19.6 Å². The van der Waals surface area contributed by atoms with Gasteiger partial charge in [0, 0.05) is 13.1 Å². The minimum absolute atomic E-state index is 0.278. The van der Waals surface area contributed by atoms with Gasteiger partial charge >= 0.3 is 0 Å². The highest BCUT2D eigenvalue weighted by molar-refractivity contribution is 7.89. The van der Waals surface area contributed by atoms with Crippen LogP contribution in [0.5, 0.6) is 0 Å². The maximum Gasteiger partial charge on any atom is 0.243 e. The Morgan fingerprint density at radius 1 is 1.19 bits per heavy atom. The molecule has 1 aromatic rings. The third kappa shape index (κ3) is 3.00. The number of hydrogen-bond donors (Lipinski definition) is 1. The van der Waals surface area contributed by atoms with Crippen LogP contribution in [-0.2, 0) is 10.0 Å². The lowest BCUT2D eigenvalue weighted by molar-refractivity contribution is 0.271. The van der Waals surface area contributed by atoms with Gasteiger partial charge in [0.05, 0.1) is 4.90 Å². The average Bonchev–Trinajstić information content (AvgIpc) is 2.45. The smallest absolute Gasteiger partial charge is 0.243 e. The van der Waals surface area contributed by atoms with Crippen LogP contribution in [-0.4, -0.2) is 32.4 Å². The highest BCUT2D eigenvalue weighted by Crippen LogP contribution is 2.30. The summed E-state index contributed by atoms with van der Waals surface area (Å²) in [4.78, 5) is 0.498. The number of aryl methyl sites for hydroxylation is 2. The summed E-state index contributed by atoms with van der Waals surface area (Å²) >= 11 is 0. The normalized spacial score (nSPS) is 20.7. The van der Waals surface area contributed by atoms with E-state index in [1.165, 1.54) is 0 Å². The first-order chi connectivity index (χ1) is 9.78. The van der Waals surface area contributed by atoms with Crippen LogP contribution in [0.1, 0.15) is 35.1 Å². The van der Waals surface area contributed by atoms with E-state index in [1.807, 2.05) is 27.7 Å². The zero-order chi connectivity index (χ0) is 15.8. The third-order valence-electron chi connectivity index (χ3n) is 4.71. The predicted octanol–water partition coefficient (Wildman–Crippen LogP) is 2.28. The van der Waals surface area contributed by atoms with Crippen molar-refractivity contribution in [1.29, 1.82) is 0 Å². The van der Waals surface area contributed by atoms with Gasteiger partial charge in [0.2, 0.25) is 10.0 Å². The second-order valence-corrected chi connectivity index (χ2v) is 8.07. The molecule has 1 aromatic carbocycles. The first kappa shape index (κ1) is 16.5. The van der Waals surface area contributed by atoms with E-state index in [1.54, 1.807) is 4.31 Å². The molecule has 1 fully saturated rings. The number of benzene rings is 1. The Hall–Kier alpha value is -0.910. The molecule has 1 aliphatic heterocycles. The lowest BCUT2D eigenvalue weighted by Crippen LogP contribution is -2.42. The van der Waals surface area contributed by atoms with E-state index >= 15 is 0 Å². The molecular formula is C16H26N2O2S. The van der Waals surface area contributed by atoms with E-state index in [2.05, 4.69) is 6.07 Å². The van der Waals surface area contributed by atoms with Crippen molar-refractivity contribution in [3.05, 3.63) is 28.3 Å². The second-order valence-electron chi connectivity index (χ2n) is 6.20. The van der Waals surface area contributed by atoms with Crippen LogP contribution in [0.15, 0.2) is 11.0 Å². The standard InChI is InChI=1S/C16H26N2O2S/c1-11-8-12(2)14(4)16(13(11)3)21(19,20)18-7-5-6-15(9-17)10-18/h8,15H,5-7,9-10,17H2,1-4H3. The molecule has 1 unspecified atom stereocenters. The maximum absolute atomic E-state index is 13.1. The van der Waals surface area contributed by atoms with Crippen LogP contribution in [0.4, 0.5) is 0 Å². The highest BCUT2D eigenvalue weighted by Gasteiger charge is 2.32. The fourth-order valence-corrected chi connectivity index (χ4v) is 5.26. The number of piperidine rings is 1. The topological polar surface area (TPSA) is 63.4 Å². The van der Waals surface area contributed by atoms with E-state index in [-0.39, 0.29) is 5.92 Å². The number of rotatable bonds is 3. The molecule has 0 aromatic heterocycles. The molecule has 21 heavy (non-hydrogen) atoms. The average molecular weight is 310 g/mol. The van der Waals surface area contributed by atoms with Crippen LogP contribution < -0.4 is 5.73 Å². The van der Waals surface area contributed by atoms with E-state index < -0.39 is 10.0 Å². The van der Waals surface area contributed by atoms with Gasteiger partial charge in [-0.2, -0.15) is 4.31 Å². The van der Waals surface area contributed by atoms with E-state index in [4.69, 9.17) is 5.73 Å². The molecule has 2 rings (SSSR count).